The molecule has 0 radical (unpaired) electrons. The number of sulfone groups is 1. The Morgan fingerprint density at radius 2 is 1.90 bits per heavy atom. The molecule has 0 aliphatic carbocycles. The molecule has 0 saturated heterocycles. The van der Waals surface area contributed by atoms with Crippen LogP contribution in [0.25, 0.3) is 11.3 Å². The molecule has 3 aromatic rings. The Morgan fingerprint density at radius 1 is 1.10 bits per heavy atom. The first-order chi connectivity index (χ1) is 13.8. The molecule has 1 amide bonds. The van der Waals surface area contributed by atoms with E-state index in [1.54, 1.807) is 44.2 Å². The number of anilines is 1. The van der Waals surface area contributed by atoms with Crippen LogP contribution in [0.4, 0.5) is 5.69 Å². The van der Waals surface area contributed by atoms with Gasteiger partial charge in [0, 0.05) is 23.7 Å². The van der Waals surface area contributed by atoms with Crippen LogP contribution in [0.15, 0.2) is 57.9 Å². The molecule has 2 aromatic carbocycles. The number of aromatic nitrogens is 1. The van der Waals surface area contributed by atoms with Crippen LogP contribution < -0.4 is 5.32 Å². The first kappa shape index (κ1) is 20.8. The van der Waals surface area contributed by atoms with Crippen LogP contribution >= 0.6 is 0 Å². The molecular weight excluding hydrogens is 388 g/mol. The number of carbonyl (C=O) groups is 1. The molecule has 1 heterocycles. The maximum Gasteiger partial charge on any atom is 0.225 e. The van der Waals surface area contributed by atoms with Gasteiger partial charge >= 0.3 is 0 Å². The van der Waals surface area contributed by atoms with Gasteiger partial charge in [-0.1, -0.05) is 36.3 Å². The summed E-state index contributed by atoms with van der Waals surface area (Å²) in [5.41, 5.74) is 3.75. The highest BCUT2D eigenvalue weighted by atomic mass is 32.2. The van der Waals surface area contributed by atoms with Crippen molar-refractivity contribution in [2.75, 3.05) is 11.1 Å². The molecule has 0 saturated carbocycles. The van der Waals surface area contributed by atoms with Gasteiger partial charge in [-0.05, 0) is 49.6 Å². The lowest BCUT2D eigenvalue weighted by Gasteiger charge is -2.10. The number of carbonyl (C=O) groups excluding carboxylic acids is 1. The van der Waals surface area contributed by atoms with Gasteiger partial charge in [-0.25, -0.2) is 8.42 Å². The van der Waals surface area contributed by atoms with Crippen LogP contribution in [0.3, 0.4) is 0 Å². The van der Waals surface area contributed by atoms with E-state index in [2.05, 4.69) is 10.5 Å². The molecule has 1 N–H and O–H groups in total. The molecule has 6 nitrogen and oxygen atoms in total. The van der Waals surface area contributed by atoms with Crippen LogP contribution in [-0.4, -0.2) is 25.2 Å². The predicted molar refractivity (Wildman–Crippen MR) is 113 cm³/mol. The van der Waals surface area contributed by atoms with Crippen LogP contribution in [0.5, 0.6) is 0 Å². The molecule has 0 atom stereocenters. The van der Waals surface area contributed by atoms with E-state index in [0.29, 0.717) is 28.3 Å². The first-order valence-corrected chi connectivity index (χ1v) is 11.1. The number of nitrogens with one attached hydrogen (secondary N) is 1. The zero-order chi connectivity index (χ0) is 21.0. The Morgan fingerprint density at radius 3 is 2.59 bits per heavy atom. The second kappa shape index (κ2) is 8.61. The van der Waals surface area contributed by atoms with Gasteiger partial charge in [0.15, 0.2) is 15.6 Å². The molecule has 0 spiro atoms. The summed E-state index contributed by atoms with van der Waals surface area (Å²) in [7, 11) is -3.64. The van der Waals surface area contributed by atoms with Gasteiger partial charge in [0.05, 0.1) is 16.3 Å². The van der Waals surface area contributed by atoms with E-state index in [4.69, 9.17) is 4.52 Å². The highest BCUT2D eigenvalue weighted by molar-refractivity contribution is 7.91. The van der Waals surface area contributed by atoms with E-state index in [1.165, 1.54) is 0 Å². The highest BCUT2D eigenvalue weighted by Crippen LogP contribution is 2.26. The van der Waals surface area contributed by atoms with Crippen molar-refractivity contribution in [3.63, 3.8) is 0 Å². The van der Waals surface area contributed by atoms with Gasteiger partial charge in [-0.15, -0.1) is 0 Å². The van der Waals surface area contributed by atoms with E-state index in [1.807, 2.05) is 25.1 Å². The number of rotatable bonds is 7. The third kappa shape index (κ3) is 5.12. The topological polar surface area (TPSA) is 89.3 Å². The third-order valence-corrected chi connectivity index (χ3v) is 6.50. The van der Waals surface area contributed by atoms with Crippen molar-refractivity contribution in [1.29, 1.82) is 0 Å². The van der Waals surface area contributed by atoms with E-state index in [-0.39, 0.29) is 23.0 Å². The molecule has 29 heavy (non-hydrogen) atoms. The number of aryl methyl sites for hydroxylation is 3. The summed E-state index contributed by atoms with van der Waals surface area (Å²) in [6.45, 7) is 5.57. The molecule has 152 valence electrons. The summed E-state index contributed by atoms with van der Waals surface area (Å²) in [6, 6.07) is 14.4. The third-order valence-electron chi connectivity index (χ3n) is 4.65. The zero-order valence-electron chi connectivity index (χ0n) is 16.7. The number of hydrogen-bond acceptors (Lipinski definition) is 5. The Balaban J connectivity index is 1.73. The summed E-state index contributed by atoms with van der Waals surface area (Å²) < 4.78 is 31.0. The van der Waals surface area contributed by atoms with Crippen LogP contribution in [0, 0.1) is 13.8 Å². The fourth-order valence-electron chi connectivity index (χ4n) is 3.02. The average Bonchev–Trinajstić information content (AvgIpc) is 3.13. The van der Waals surface area contributed by atoms with Crippen LogP contribution in [0.2, 0.25) is 0 Å². The predicted octanol–water partition coefficient (Wildman–Crippen LogP) is 4.32. The molecule has 0 aliphatic rings. The lowest BCUT2D eigenvalue weighted by atomic mass is 10.1. The highest BCUT2D eigenvalue weighted by Gasteiger charge is 2.20. The minimum absolute atomic E-state index is 0.121. The lowest BCUT2D eigenvalue weighted by molar-refractivity contribution is -0.115. The van der Waals surface area contributed by atoms with Gasteiger partial charge in [0.2, 0.25) is 5.91 Å². The fourth-order valence-corrected chi connectivity index (χ4v) is 4.56. The monoisotopic (exact) mass is 412 g/mol. The summed E-state index contributed by atoms with van der Waals surface area (Å²) in [4.78, 5) is 12.5. The van der Waals surface area contributed by atoms with Gasteiger partial charge in [-0.2, -0.15) is 0 Å². The molecule has 7 heteroatoms. The molecule has 0 bridgehead atoms. The smallest absolute Gasteiger partial charge is 0.225 e. The largest absolute Gasteiger partial charge is 0.356 e. The van der Waals surface area contributed by atoms with Crippen molar-refractivity contribution in [3.8, 4) is 11.3 Å². The number of benzene rings is 2. The Kier molecular flexibility index (Phi) is 6.17. The number of hydrogen-bond donors (Lipinski definition) is 1. The maximum atomic E-state index is 12.9. The minimum Gasteiger partial charge on any atom is -0.356 e. The first-order valence-electron chi connectivity index (χ1n) is 9.44. The average molecular weight is 413 g/mol. The number of nitrogens with zero attached hydrogens (tertiary/aromatic N) is 1. The Hall–Kier alpha value is -2.93. The van der Waals surface area contributed by atoms with E-state index in [9.17, 15) is 13.2 Å². The normalized spacial score (nSPS) is 11.4. The quantitative estimate of drug-likeness (QED) is 0.624. The SMILES string of the molecule is CCc1cccc(NC(=O)CCS(=O)(=O)c2cc(-c3cc(C)no3)ccc2C)c1. The van der Waals surface area contributed by atoms with Crippen molar-refractivity contribution in [1.82, 2.24) is 5.16 Å². The van der Waals surface area contributed by atoms with Gasteiger partial charge < -0.3 is 9.84 Å². The van der Waals surface area contributed by atoms with Crippen molar-refractivity contribution in [3.05, 3.63) is 65.4 Å². The summed E-state index contributed by atoms with van der Waals surface area (Å²) in [5.74, 6) is -0.0968. The second-order valence-corrected chi connectivity index (χ2v) is 9.06. The molecular formula is C22H24N2O4S. The summed E-state index contributed by atoms with van der Waals surface area (Å²) in [5, 5.41) is 6.61. The van der Waals surface area contributed by atoms with Crippen LogP contribution in [0.1, 0.15) is 30.2 Å². The molecule has 0 fully saturated rings. The fraction of sp³-hybridized carbons (Fsp3) is 0.273. The molecule has 1 aromatic heterocycles. The van der Waals surface area contributed by atoms with Crippen molar-refractivity contribution in [2.45, 2.75) is 38.5 Å². The van der Waals surface area contributed by atoms with Gasteiger partial charge in [-0.3, -0.25) is 4.79 Å². The standard InChI is InChI=1S/C22H24N2O4S/c1-4-17-6-5-7-19(13-17)23-22(25)10-11-29(26,27)21-14-18(9-8-15(21)2)20-12-16(3)24-28-20/h5-9,12-14H,4,10-11H2,1-3H3,(H,23,25). The summed E-state index contributed by atoms with van der Waals surface area (Å²) in [6.07, 6.45) is 0.738. The van der Waals surface area contributed by atoms with Crippen molar-refractivity contribution >= 4 is 21.4 Å². The maximum absolute atomic E-state index is 12.9. The second-order valence-electron chi connectivity index (χ2n) is 6.98. The van der Waals surface area contributed by atoms with Gasteiger partial charge in [0.25, 0.3) is 0 Å². The molecule has 0 aliphatic heterocycles. The lowest BCUT2D eigenvalue weighted by Crippen LogP contribution is -2.18. The minimum atomic E-state index is -3.64. The Labute approximate surface area is 170 Å². The van der Waals surface area contributed by atoms with E-state index < -0.39 is 9.84 Å². The van der Waals surface area contributed by atoms with Crippen LogP contribution in [-0.2, 0) is 21.1 Å². The number of amides is 1. The Bertz CT molecular complexity index is 1130. The molecule has 0 unspecified atom stereocenters. The molecule has 3 rings (SSSR count). The van der Waals surface area contributed by atoms with Crippen molar-refractivity contribution < 1.29 is 17.7 Å². The zero-order valence-corrected chi connectivity index (χ0v) is 17.5. The van der Waals surface area contributed by atoms with E-state index in [0.717, 1.165) is 12.0 Å². The van der Waals surface area contributed by atoms with Crippen molar-refractivity contribution in [2.24, 2.45) is 0 Å². The van der Waals surface area contributed by atoms with E-state index >= 15 is 0 Å². The summed E-state index contributed by atoms with van der Waals surface area (Å²) >= 11 is 0. The van der Waals surface area contributed by atoms with Gasteiger partial charge in [0.1, 0.15) is 0 Å².